The summed E-state index contributed by atoms with van der Waals surface area (Å²) in [6.07, 6.45) is 10.5. The monoisotopic (exact) mass is 290 g/mol. The maximum atomic E-state index is 12.3. The molecule has 2 aliphatic heterocycles. The fraction of sp³-hybridized carbons (Fsp3) is 0.750. The molecule has 1 N–H and O–H groups in total. The van der Waals surface area contributed by atoms with E-state index in [0.717, 1.165) is 45.6 Å². The van der Waals surface area contributed by atoms with Crippen molar-refractivity contribution in [2.75, 3.05) is 26.2 Å². The van der Waals surface area contributed by atoms with Gasteiger partial charge in [0.05, 0.1) is 6.33 Å². The first-order valence-electron chi connectivity index (χ1n) is 8.33. The normalized spacial score (nSPS) is 23.2. The number of imidazole rings is 1. The molecule has 2 aliphatic rings. The fourth-order valence-electron chi connectivity index (χ4n) is 3.48. The Balaban J connectivity index is 1.55. The van der Waals surface area contributed by atoms with Crippen molar-refractivity contribution >= 4 is 5.91 Å². The second-order valence-electron chi connectivity index (χ2n) is 6.25. The molecular weight excluding hydrogens is 264 g/mol. The van der Waals surface area contributed by atoms with Crippen LogP contribution in [0, 0.1) is 0 Å². The third-order valence-corrected chi connectivity index (χ3v) is 4.73. The maximum absolute atomic E-state index is 12.3. The average molecular weight is 290 g/mol. The van der Waals surface area contributed by atoms with Crippen molar-refractivity contribution in [3.63, 3.8) is 0 Å². The molecule has 0 aliphatic carbocycles. The summed E-state index contributed by atoms with van der Waals surface area (Å²) in [6, 6.07) is 0. The van der Waals surface area contributed by atoms with Crippen LogP contribution in [-0.4, -0.2) is 46.5 Å². The Bertz CT molecular complexity index is 459. The Labute approximate surface area is 126 Å². The zero-order valence-corrected chi connectivity index (χ0v) is 12.8. The van der Waals surface area contributed by atoms with Crippen LogP contribution in [0.4, 0.5) is 0 Å². The quantitative estimate of drug-likeness (QED) is 0.919. The summed E-state index contributed by atoms with van der Waals surface area (Å²) >= 11 is 0. The third kappa shape index (κ3) is 3.64. The van der Waals surface area contributed by atoms with E-state index in [1.54, 1.807) is 0 Å². The van der Waals surface area contributed by atoms with Crippen LogP contribution in [0.5, 0.6) is 0 Å². The molecule has 2 fully saturated rings. The highest BCUT2D eigenvalue weighted by Crippen LogP contribution is 2.23. The lowest BCUT2D eigenvalue weighted by Crippen LogP contribution is -2.36. The number of hydrogen-bond acceptors (Lipinski definition) is 3. The number of likely N-dealkylation sites (tertiary alicyclic amines) is 1. The summed E-state index contributed by atoms with van der Waals surface area (Å²) in [4.78, 5) is 18.6. The number of nitrogens with one attached hydrogen (secondary N) is 1. The Morgan fingerprint density at radius 2 is 2.14 bits per heavy atom. The Morgan fingerprint density at radius 3 is 2.90 bits per heavy atom. The van der Waals surface area contributed by atoms with Crippen LogP contribution >= 0.6 is 0 Å². The maximum Gasteiger partial charge on any atom is 0.224 e. The molecule has 21 heavy (non-hydrogen) atoms. The SMILES string of the molecule is O=C(CCn1cncc1C1CCCNC1)N1CCCCC1. The van der Waals surface area contributed by atoms with Crippen molar-refractivity contribution in [2.45, 2.75) is 51.0 Å². The highest BCUT2D eigenvalue weighted by molar-refractivity contribution is 5.76. The number of rotatable bonds is 4. The van der Waals surface area contributed by atoms with Gasteiger partial charge < -0.3 is 14.8 Å². The fourth-order valence-corrected chi connectivity index (χ4v) is 3.48. The number of aromatic nitrogens is 2. The predicted octanol–water partition coefficient (Wildman–Crippen LogP) is 1.75. The number of carbonyl (C=O) groups is 1. The highest BCUT2D eigenvalue weighted by Gasteiger charge is 2.20. The van der Waals surface area contributed by atoms with Crippen LogP contribution in [0.3, 0.4) is 0 Å². The van der Waals surface area contributed by atoms with E-state index in [4.69, 9.17) is 0 Å². The van der Waals surface area contributed by atoms with Crippen molar-refractivity contribution < 1.29 is 4.79 Å². The van der Waals surface area contributed by atoms with Crippen LogP contribution in [0.2, 0.25) is 0 Å². The first kappa shape index (κ1) is 14.6. The molecule has 0 bridgehead atoms. The Hall–Kier alpha value is -1.36. The first-order chi connectivity index (χ1) is 10.3. The van der Waals surface area contributed by atoms with E-state index in [2.05, 4.69) is 14.9 Å². The lowest BCUT2D eigenvalue weighted by atomic mass is 9.96. The molecule has 1 atom stereocenters. The van der Waals surface area contributed by atoms with Crippen molar-refractivity contribution in [2.24, 2.45) is 0 Å². The molecule has 1 aromatic rings. The lowest BCUT2D eigenvalue weighted by molar-refractivity contribution is -0.132. The number of carbonyl (C=O) groups excluding carboxylic acids is 1. The molecule has 0 radical (unpaired) electrons. The molecule has 1 aromatic heterocycles. The molecule has 0 saturated carbocycles. The molecule has 1 amide bonds. The smallest absolute Gasteiger partial charge is 0.224 e. The summed E-state index contributed by atoms with van der Waals surface area (Å²) in [7, 11) is 0. The number of amides is 1. The largest absolute Gasteiger partial charge is 0.343 e. The van der Waals surface area contributed by atoms with Gasteiger partial charge in [0.1, 0.15) is 0 Å². The molecule has 5 heteroatoms. The summed E-state index contributed by atoms with van der Waals surface area (Å²) in [6.45, 7) is 4.81. The minimum atomic E-state index is 0.302. The molecule has 3 heterocycles. The summed E-state index contributed by atoms with van der Waals surface area (Å²) in [5, 5.41) is 3.45. The Morgan fingerprint density at radius 1 is 1.29 bits per heavy atom. The van der Waals surface area contributed by atoms with Gasteiger partial charge in [0.25, 0.3) is 0 Å². The first-order valence-corrected chi connectivity index (χ1v) is 8.33. The second kappa shape index (κ2) is 7.07. The van der Waals surface area contributed by atoms with Gasteiger partial charge in [0.15, 0.2) is 0 Å². The number of hydrogen-bond donors (Lipinski definition) is 1. The van der Waals surface area contributed by atoms with Crippen molar-refractivity contribution in [3.05, 3.63) is 18.2 Å². The minimum Gasteiger partial charge on any atom is -0.343 e. The van der Waals surface area contributed by atoms with Gasteiger partial charge in [-0.25, -0.2) is 4.98 Å². The summed E-state index contributed by atoms with van der Waals surface area (Å²) in [5.41, 5.74) is 1.29. The molecule has 1 unspecified atom stereocenters. The molecule has 3 rings (SSSR count). The van der Waals surface area contributed by atoms with E-state index in [-0.39, 0.29) is 0 Å². The van der Waals surface area contributed by atoms with E-state index in [9.17, 15) is 4.79 Å². The van der Waals surface area contributed by atoms with Gasteiger partial charge in [-0.05, 0) is 38.6 Å². The Kier molecular flexibility index (Phi) is 4.91. The number of aryl methyl sites for hydroxylation is 1. The summed E-state index contributed by atoms with van der Waals surface area (Å²) < 4.78 is 2.18. The number of nitrogens with zero attached hydrogens (tertiary/aromatic N) is 3. The molecule has 116 valence electrons. The van der Waals surface area contributed by atoms with Crippen LogP contribution < -0.4 is 5.32 Å². The van der Waals surface area contributed by atoms with Crippen LogP contribution in [0.25, 0.3) is 0 Å². The van der Waals surface area contributed by atoms with Gasteiger partial charge >= 0.3 is 0 Å². The zero-order chi connectivity index (χ0) is 14.5. The van der Waals surface area contributed by atoms with Gasteiger partial charge in [-0.15, -0.1) is 0 Å². The van der Waals surface area contributed by atoms with Gasteiger partial charge in [0, 0.05) is 50.4 Å². The van der Waals surface area contributed by atoms with E-state index in [1.807, 2.05) is 17.4 Å². The van der Waals surface area contributed by atoms with Crippen molar-refractivity contribution in [1.29, 1.82) is 0 Å². The molecular formula is C16H26N4O. The topological polar surface area (TPSA) is 50.2 Å². The average Bonchev–Trinajstić information content (AvgIpc) is 3.03. The van der Waals surface area contributed by atoms with Crippen molar-refractivity contribution in [3.8, 4) is 0 Å². The van der Waals surface area contributed by atoms with E-state index >= 15 is 0 Å². The number of piperidine rings is 2. The second-order valence-corrected chi connectivity index (χ2v) is 6.25. The molecule has 5 nitrogen and oxygen atoms in total. The van der Waals surface area contributed by atoms with E-state index < -0.39 is 0 Å². The van der Waals surface area contributed by atoms with Crippen LogP contribution in [0.1, 0.15) is 50.1 Å². The lowest BCUT2D eigenvalue weighted by Gasteiger charge is -2.27. The van der Waals surface area contributed by atoms with Crippen LogP contribution in [0.15, 0.2) is 12.5 Å². The van der Waals surface area contributed by atoms with Gasteiger partial charge in [-0.3, -0.25) is 4.79 Å². The highest BCUT2D eigenvalue weighted by atomic mass is 16.2. The van der Waals surface area contributed by atoms with Crippen LogP contribution in [-0.2, 0) is 11.3 Å². The minimum absolute atomic E-state index is 0.302. The van der Waals surface area contributed by atoms with Gasteiger partial charge in [-0.1, -0.05) is 0 Å². The standard InChI is InChI=1S/C16H26N4O/c21-16(19-8-2-1-3-9-19)6-10-20-13-18-12-15(20)14-5-4-7-17-11-14/h12-14,17H,1-11H2. The van der Waals surface area contributed by atoms with Crippen molar-refractivity contribution in [1.82, 2.24) is 19.8 Å². The predicted molar refractivity (Wildman–Crippen MR) is 82.1 cm³/mol. The molecule has 0 aromatic carbocycles. The van der Waals surface area contributed by atoms with Gasteiger partial charge in [-0.2, -0.15) is 0 Å². The molecule has 0 spiro atoms. The molecule has 2 saturated heterocycles. The van der Waals surface area contributed by atoms with E-state index in [0.29, 0.717) is 18.2 Å². The zero-order valence-electron chi connectivity index (χ0n) is 12.8. The summed E-state index contributed by atoms with van der Waals surface area (Å²) in [5.74, 6) is 0.849. The van der Waals surface area contributed by atoms with Gasteiger partial charge in [0.2, 0.25) is 5.91 Å². The third-order valence-electron chi connectivity index (χ3n) is 4.73. The van der Waals surface area contributed by atoms with E-state index in [1.165, 1.54) is 25.0 Å².